The molecule has 2 aromatic carbocycles. The second kappa shape index (κ2) is 5.35. The van der Waals surface area contributed by atoms with Gasteiger partial charge in [0.25, 0.3) is 0 Å². The zero-order chi connectivity index (χ0) is 18.8. The molecule has 2 aromatic rings. The van der Waals surface area contributed by atoms with Crippen LogP contribution < -0.4 is 0 Å². The second-order valence-corrected chi connectivity index (χ2v) is 8.28. The molecule has 1 heterocycles. The molecule has 0 aromatic heterocycles. The lowest BCUT2D eigenvalue weighted by molar-refractivity contribution is -0.143. The Morgan fingerprint density at radius 2 is 1.67 bits per heavy atom. The third-order valence-corrected chi connectivity index (χ3v) is 6.73. The molecule has 0 spiro atoms. The Hall–Kier alpha value is -2.82. The number of nitrogens with zero attached hydrogens (tertiary/aromatic N) is 1. The maximum absolute atomic E-state index is 12.6. The van der Waals surface area contributed by atoms with E-state index in [0.717, 1.165) is 0 Å². The fourth-order valence-corrected chi connectivity index (χ4v) is 5.09. The van der Waals surface area contributed by atoms with Crippen LogP contribution in [0.15, 0.2) is 48.5 Å². The number of fused-ring (bicyclic) bond motifs is 4. The van der Waals surface area contributed by atoms with E-state index in [1.165, 1.54) is 22.3 Å². The Balaban J connectivity index is 1.33. The highest BCUT2D eigenvalue weighted by atomic mass is 16.6. The number of rotatable bonds is 3. The molecule has 1 saturated carbocycles. The number of benzene rings is 2. The summed E-state index contributed by atoms with van der Waals surface area (Å²) in [4.78, 5) is 25.8. The van der Waals surface area contributed by atoms with E-state index in [9.17, 15) is 14.7 Å². The maximum atomic E-state index is 12.6. The molecule has 5 rings (SSSR count). The molecule has 2 aliphatic carbocycles. The van der Waals surface area contributed by atoms with Crippen molar-refractivity contribution in [1.82, 2.24) is 4.90 Å². The number of likely N-dealkylation sites (tertiary alicyclic amines) is 1. The van der Waals surface area contributed by atoms with Crippen LogP contribution in [0.1, 0.15) is 30.4 Å². The zero-order valence-corrected chi connectivity index (χ0v) is 15.1. The summed E-state index contributed by atoms with van der Waals surface area (Å²) in [5.74, 6) is -0.790. The predicted octanol–water partition coefficient (Wildman–Crippen LogP) is 3.73. The van der Waals surface area contributed by atoms with Crippen LogP contribution >= 0.6 is 0 Å². The van der Waals surface area contributed by atoms with Crippen LogP contribution in [0.2, 0.25) is 0 Å². The number of hydrogen-bond acceptors (Lipinski definition) is 3. The second-order valence-electron chi connectivity index (χ2n) is 8.28. The number of carboxylic acids is 1. The van der Waals surface area contributed by atoms with Gasteiger partial charge in [0.1, 0.15) is 6.61 Å². The summed E-state index contributed by atoms with van der Waals surface area (Å²) in [6, 6.07) is 16.4. The summed E-state index contributed by atoms with van der Waals surface area (Å²) in [5, 5.41) is 9.52. The van der Waals surface area contributed by atoms with E-state index in [-0.39, 0.29) is 24.5 Å². The minimum absolute atomic E-state index is 0.0162. The number of ether oxygens (including phenoxy) is 1. The molecule has 1 aliphatic heterocycles. The van der Waals surface area contributed by atoms with Gasteiger partial charge in [0, 0.05) is 24.4 Å². The third kappa shape index (κ3) is 2.17. The normalized spacial score (nSPS) is 27.7. The molecule has 1 saturated heterocycles. The highest BCUT2D eigenvalue weighted by molar-refractivity contribution is 5.83. The molecule has 5 heteroatoms. The first-order chi connectivity index (χ1) is 13.0. The standard InChI is InChI=1S/C22H21NO4/c1-21-11-22(21,19(24)25)13-23(12-21)20(26)27-10-18-16-8-4-2-6-14(16)15-7-3-5-9-17(15)18/h2-9,18H,10-13H2,1H3,(H,24,25)/t21-,22+/m1/s1. The highest BCUT2D eigenvalue weighted by Gasteiger charge is 2.74. The van der Waals surface area contributed by atoms with Gasteiger partial charge >= 0.3 is 12.1 Å². The van der Waals surface area contributed by atoms with Gasteiger partial charge in [-0.2, -0.15) is 0 Å². The molecule has 5 nitrogen and oxygen atoms in total. The van der Waals surface area contributed by atoms with Gasteiger partial charge < -0.3 is 14.7 Å². The lowest BCUT2D eigenvalue weighted by atomic mass is 9.98. The summed E-state index contributed by atoms with van der Waals surface area (Å²) in [7, 11) is 0. The van der Waals surface area contributed by atoms with Crippen molar-refractivity contribution >= 4 is 12.1 Å². The Bertz CT molecular complexity index is 925. The van der Waals surface area contributed by atoms with E-state index in [0.29, 0.717) is 13.0 Å². The van der Waals surface area contributed by atoms with Crippen molar-refractivity contribution < 1.29 is 19.4 Å². The number of carbonyl (C=O) groups is 2. The minimum atomic E-state index is -0.807. The molecule has 2 fully saturated rings. The smallest absolute Gasteiger partial charge is 0.409 e. The minimum Gasteiger partial charge on any atom is -0.481 e. The van der Waals surface area contributed by atoms with Crippen molar-refractivity contribution in [2.24, 2.45) is 10.8 Å². The quantitative estimate of drug-likeness (QED) is 0.902. The van der Waals surface area contributed by atoms with E-state index >= 15 is 0 Å². The van der Waals surface area contributed by atoms with Gasteiger partial charge in [-0.05, 0) is 28.7 Å². The number of amides is 1. The molecule has 2 atom stereocenters. The van der Waals surface area contributed by atoms with Gasteiger partial charge in [-0.25, -0.2) is 4.79 Å². The zero-order valence-electron chi connectivity index (χ0n) is 15.1. The van der Waals surface area contributed by atoms with Gasteiger partial charge in [0.15, 0.2) is 0 Å². The molecule has 0 bridgehead atoms. The van der Waals surface area contributed by atoms with Crippen LogP contribution in [0.3, 0.4) is 0 Å². The fraction of sp³-hybridized carbons (Fsp3) is 0.364. The number of carbonyl (C=O) groups excluding carboxylic acids is 1. The van der Waals surface area contributed by atoms with Crippen LogP contribution in [0.5, 0.6) is 0 Å². The average molecular weight is 363 g/mol. The van der Waals surface area contributed by atoms with E-state index in [1.54, 1.807) is 4.90 Å². The third-order valence-electron chi connectivity index (χ3n) is 6.73. The topological polar surface area (TPSA) is 66.8 Å². The molecule has 3 aliphatic rings. The number of piperidine rings is 1. The van der Waals surface area contributed by atoms with Crippen LogP contribution in [-0.4, -0.2) is 41.8 Å². The largest absolute Gasteiger partial charge is 0.481 e. The van der Waals surface area contributed by atoms with Gasteiger partial charge in [-0.15, -0.1) is 0 Å². The van der Waals surface area contributed by atoms with E-state index in [2.05, 4.69) is 24.3 Å². The van der Waals surface area contributed by atoms with Gasteiger partial charge in [-0.1, -0.05) is 55.5 Å². The van der Waals surface area contributed by atoms with Crippen molar-refractivity contribution in [2.75, 3.05) is 19.7 Å². The summed E-state index contributed by atoms with van der Waals surface area (Å²) >= 11 is 0. The summed E-state index contributed by atoms with van der Waals surface area (Å²) in [6.45, 7) is 2.91. The molecule has 0 radical (unpaired) electrons. The fourth-order valence-electron chi connectivity index (χ4n) is 5.09. The summed E-state index contributed by atoms with van der Waals surface area (Å²) < 4.78 is 5.66. The molecule has 27 heavy (non-hydrogen) atoms. The first-order valence-electron chi connectivity index (χ1n) is 9.29. The van der Waals surface area contributed by atoms with Crippen LogP contribution in [0.4, 0.5) is 4.79 Å². The Morgan fingerprint density at radius 1 is 1.07 bits per heavy atom. The molecule has 1 amide bonds. The molecule has 0 unspecified atom stereocenters. The van der Waals surface area contributed by atoms with Crippen molar-refractivity contribution in [3.63, 3.8) is 0 Å². The van der Waals surface area contributed by atoms with Gasteiger partial charge in [0.2, 0.25) is 0 Å². The average Bonchev–Trinajstić information content (AvgIpc) is 2.98. The van der Waals surface area contributed by atoms with Crippen LogP contribution in [-0.2, 0) is 9.53 Å². The summed E-state index contributed by atoms with van der Waals surface area (Å²) in [5.41, 5.74) is 3.63. The highest BCUT2D eigenvalue weighted by Crippen LogP contribution is 2.68. The molecule has 138 valence electrons. The Morgan fingerprint density at radius 3 is 2.22 bits per heavy atom. The van der Waals surface area contributed by atoms with Crippen molar-refractivity contribution in [3.05, 3.63) is 59.7 Å². The Labute approximate surface area is 157 Å². The molecular weight excluding hydrogens is 342 g/mol. The first-order valence-corrected chi connectivity index (χ1v) is 9.29. The lowest BCUT2D eigenvalue weighted by Crippen LogP contribution is -2.35. The number of aliphatic carboxylic acids is 1. The number of carboxylic acid groups (broad SMARTS) is 1. The van der Waals surface area contributed by atoms with Crippen LogP contribution in [0.25, 0.3) is 11.1 Å². The Kier molecular flexibility index (Phi) is 3.24. The molecular formula is C22H21NO4. The van der Waals surface area contributed by atoms with E-state index in [1.807, 2.05) is 31.2 Å². The van der Waals surface area contributed by atoms with E-state index in [4.69, 9.17) is 4.74 Å². The van der Waals surface area contributed by atoms with E-state index < -0.39 is 17.5 Å². The van der Waals surface area contributed by atoms with Gasteiger partial charge in [-0.3, -0.25) is 4.79 Å². The lowest BCUT2D eigenvalue weighted by Gasteiger charge is -2.21. The SMILES string of the molecule is C[C@@]12CN(C(=O)OCC3c4ccccc4-c4ccccc43)C[C@]1(C(=O)O)C2. The van der Waals surface area contributed by atoms with Crippen molar-refractivity contribution in [1.29, 1.82) is 0 Å². The summed E-state index contributed by atoms with van der Waals surface area (Å²) in [6.07, 6.45) is 0.230. The number of hydrogen-bond donors (Lipinski definition) is 1. The maximum Gasteiger partial charge on any atom is 0.409 e. The predicted molar refractivity (Wildman–Crippen MR) is 99.4 cm³/mol. The van der Waals surface area contributed by atoms with Crippen molar-refractivity contribution in [2.45, 2.75) is 19.3 Å². The first kappa shape index (κ1) is 16.4. The van der Waals surface area contributed by atoms with Gasteiger partial charge in [0.05, 0.1) is 5.41 Å². The monoisotopic (exact) mass is 363 g/mol. The van der Waals surface area contributed by atoms with Crippen molar-refractivity contribution in [3.8, 4) is 11.1 Å². The van der Waals surface area contributed by atoms with Crippen LogP contribution in [0, 0.1) is 10.8 Å². The molecule has 1 N–H and O–H groups in total.